The maximum Gasteiger partial charge on any atom is 0.223 e. The number of aryl methyl sites for hydroxylation is 2. The minimum atomic E-state index is 0.150. The number of hydrogen-bond acceptors (Lipinski definition) is 3. The summed E-state index contributed by atoms with van der Waals surface area (Å²) in [6.45, 7) is 7.17. The summed E-state index contributed by atoms with van der Waals surface area (Å²) in [5.74, 6) is 2.26. The van der Waals surface area contributed by atoms with Gasteiger partial charge in [-0.3, -0.25) is 4.79 Å². The fourth-order valence-electron chi connectivity index (χ4n) is 4.27. The number of fused-ring (bicyclic) bond motifs is 1. The van der Waals surface area contributed by atoms with Crippen molar-refractivity contribution in [2.24, 2.45) is 0 Å². The zero-order valence-corrected chi connectivity index (χ0v) is 19.1. The van der Waals surface area contributed by atoms with E-state index < -0.39 is 0 Å². The van der Waals surface area contributed by atoms with E-state index in [1.54, 1.807) is 0 Å². The van der Waals surface area contributed by atoms with E-state index >= 15 is 0 Å². The van der Waals surface area contributed by atoms with Crippen molar-refractivity contribution in [2.75, 3.05) is 19.7 Å². The Morgan fingerprint density at radius 1 is 1.16 bits per heavy atom. The minimum absolute atomic E-state index is 0.150. The summed E-state index contributed by atoms with van der Waals surface area (Å²) in [6, 6.07) is 14.0. The number of para-hydroxylation sites is 2. The molecule has 0 saturated carbocycles. The second-order valence-corrected chi connectivity index (χ2v) is 8.72. The molecule has 0 N–H and O–H groups in total. The van der Waals surface area contributed by atoms with E-state index in [1.165, 1.54) is 0 Å². The molecule has 1 atom stereocenters. The molecule has 2 heterocycles. The lowest BCUT2D eigenvalue weighted by Gasteiger charge is -2.17. The Balaban J connectivity index is 1.46. The molecule has 2 aromatic carbocycles. The molecule has 164 valence electrons. The van der Waals surface area contributed by atoms with Gasteiger partial charge in [-0.1, -0.05) is 37.1 Å². The van der Waals surface area contributed by atoms with E-state index in [0.717, 1.165) is 72.1 Å². The lowest BCUT2D eigenvalue weighted by Crippen LogP contribution is -2.26. The van der Waals surface area contributed by atoms with Gasteiger partial charge in [-0.25, -0.2) is 4.98 Å². The van der Waals surface area contributed by atoms with Gasteiger partial charge in [0.2, 0.25) is 5.91 Å². The largest absolute Gasteiger partial charge is 0.494 e. The molecule has 0 bridgehead atoms. The number of unbranched alkanes of at least 4 members (excludes halogenated alkanes) is 1. The van der Waals surface area contributed by atoms with Crippen LogP contribution in [0.15, 0.2) is 42.5 Å². The van der Waals surface area contributed by atoms with Gasteiger partial charge in [0.15, 0.2) is 0 Å². The Hall–Kier alpha value is -2.53. The van der Waals surface area contributed by atoms with E-state index in [-0.39, 0.29) is 11.8 Å². The number of imidazole rings is 1. The third kappa shape index (κ3) is 4.87. The lowest BCUT2D eigenvalue weighted by molar-refractivity contribution is -0.127. The van der Waals surface area contributed by atoms with Gasteiger partial charge in [-0.15, -0.1) is 0 Å². The highest BCUT2D eigenvalue weighted by Crippen LogP contribution is 2.31. The lowest BCUT2D eigenvalue weighted by atomic mass is 10.1. The van der Waals surface area contributed by atoms with Crippen LogP contribution in [0.25, 0.3) is 11.0 Å². The summed E-state index contributed by atoms with van der Waals surface area (Å²) in [5.41, 5.74) is 3.13. The van der Waals surface area contributed by atoms with Gasteiger partial charge in [0.1, 0.15) is 11.6 Å². The number of aromatic nitrogens is 2. The maximum absolute atomic E-state index is 12.5. The zero-order chi connectivity index (χ0) is 21.8. The summed E-state index contributed by atoms with van der Waals surface area (Å²) < 4.78 is 8.23. The van der Waals surface area contributed by atoms with Crippen LogP contribution in [0.2, 0.25) is 5.02 Å². The van der Waals surface area contributed by atoms with Crippen molar-refractivity contribution in [2.45, 2.75) is 52.0 Å². The third-order valence-corrected chi connectivity index (χ3v) is 6.39. The van der Waals surface area contributed by atoms with E-state index in [0.29, 0.717) is 13.0 Å². The number of ether oxygens (including phenoxy) is 1. The standard InChI is InChI=1S/C25H30ClN3O2/c1-3-4-12-28-17-19(16-24(28)30)25-27-22-8-5-6-9-23(22)29(25)13-7-14-31-20-10-11-21(26)18(2)15-20/h5-6,8-11,15,19H,3-4,7,12-14,16-17H2,1-2H3/t19-/m0/s1. The Labute approximate surface area is 189 Å². The van der Waals surface area contributed by atoms with Crippen molar-refractivity contribution in [3.8, 4) is 5.75 Å². The molecule has 5 nitrogen and oxygen atoms in total. The Morgan fingerprint density at radius 3 is 2.81 bits per heavy atom. The predicted molar refractivity (Wildman–Crippen MR) is 125 cm³/mol. The van der Waals surface area contributed by atoms with E-state index in [2.05, 4.69) is 17.6 Å². The molecular weight excluding hydrogens is 410 g/mol. The van der Waals surface area contributed by atoms with Crippen molar-refractivity contribution in [3.05, 3.63) is 58.9 Å². The number of benzene rings is 2. The average molecular weight is 440 g/mol. The first kappa shape index (κ1) is 21.7. The molecule has 1 amide bonds. The first-order valence-electron chi connectivity index (χ1n) is 11.2. The van der Waals surface area contributed by atoms with Gasteiger partial charge in [-0.2, -0.15) is 0 Å². The number of hydrogen-bond donors (Lipinski definition) is 0. The highest BCUT2D eigenvalue weighted by molar-refractivity contribution is 6.31. The topological polar surface area (TPSA) is 47.4 Å². The van der Waals surface area contributed by atoms with Crippen LogP contribution in [0.4, 0.5) is 0 Å². The monoisotopic (exact) mass is 439 g/mol. The van der Waals surface area contributed by atoms with Crippen LogP contribution in [0, 0.1) is 6.92 Å². The van der Waals surface area contributed by atoms with E-state index in [9.17, 15) is 4.79 Å². The highest BCUT2D eigenvalue weighted by Gasteiger charge is 2.33. The molecule has 1 aliphatic rings. The van der Waals surface area contributed by atoms with Gasteiger partial charge in [0.25, 0.3) is 0 Å². The molecule has 0 spiro atoms. The fraction of sp³-hybridized carbons (Fsp3) is 0.440. The predicted octanol–water partition coefficient (Wildman–Crippen LogP) is 5.58. The summed E-state index contributed by atoms with van der Waals surface area (Å²) in [7, 11) is 0. The number of amides is 1. The van der Waals surface area contributed by atoms with Crippen LogP contribution in [0.3, 0.4) is 0 Å². The molecule has 1 aromatic heterocycles. The van der Waals surface area contributed by atoms with Gasteiger partial charge in [-0.05, 0) is 55.7 Å². The van der Waals surface area contributed by atoms with Crippen LogP contribution >= 0.6 is 11.6 Å². The van der Waals surface area contributed by atoms with Crippen LogP contribution < -0.4 is 4.74 Å². The number of likely N-dealkylation sites (tertiary alicyclic amines) is 1. The summed E-state index contributed by atoms with van der Waals surface area (Å²) in [4.78, 5) is 19.5. The second-order valence-electron chi connectivity index (χ2n) is 8.32. The first-order chi connectivity index (χ1) is 15.1. The third-order valence-electron chi connectivity index (χ3n) is 5.97. The molecular formula is C25H30ClN3O2. The van der Waals surface area contributed by atoms with Crippen molar-refractivity contribution in [3.63, 3.8) is 0 Å². The normalized spacial score (nSPS) is 16.4. The van der Waals surface area contributed by atoms with Crippen LogP contribution in [0.5, 0.6) is 5.75 Å². The number of nitrogens with zero attached hydrogens (tertiary/aromatic N) is 3. The smallest absolute Gasteiger partial charge is 0.223 e. The number of rotatable bonds is 9. The highest BCUT2D eigenvalue weighted by atomic mass is 35.5. The van der Waals surface area contributed by atoms with Crippen molar-refractivity contribution >= 4 is 28.5 Å². The maximum atomic E-state index is 12.5. The van der Waals surface area contributed by atoms with Crippen LogP contribution in [-0.2, 0) is 11.3 Å². The van der Waals surface area contributed by atoms with E-state index in [1.807, 2.05) is 48.2 Å². The Kier molecular flexibility index (Phi) is 6.81. The summed E-state index contributed by atoms with van der Waals surface area (Å²) in [5, 5.41) is 0.751. The number of carbonyl (C=O) groups is 1. The fourth-order valence-corrected chi connectivity index (χ4v) is 4.39. The number of carbonyl (C=O) groups excluding carboxylic acids is 1. The molecule has 1 saturated heterocycles. The minimum Gasteiger partial charge on any atom is -0.494 e. The van der Waals surface area contributed by atoms with Crippen molar-refractivity contribution in [1.29, 1.82) is 0 Å². The van der Waals surface area contributed by atoms with Gasteiger partial charge in [0.05, 0.1) is 17.6 Å². The molecule has 31 heavy (non-hydrogen) atoms. The van der Waals surface area contributed by atoms with Gasteiger partial charge < -0.3 is 14.2 Å². The van der Waals surface area contributed by atoms with Crippen molar-refractivity contribution < 1.29 is 9.53 Å². The van der Waals surface area contributed by atoms with Crippen LogP contribution in [0.1, 0.15) is 49.9 Å². The quantitative estimate of drug-likeness (QED) is 0.408. The Bertz CT molecular complexity index is 1060. The molecule has 0 unspecified atom stereocenters. The van der Waals surface area contributed by atoms with Gasteiger partial charge >= 0.3 is 0 Å². The first-order valence-corrected chi connectivity index (χ1v) is 11.6. The molecule has 1 aliphatic heterocycles. The van der Waals surface area contributed by atoms with Gasteiger partial charge in [0, 0.05) is 37.0 Å². The molecule has 3 aromatic rings. The molecule has 0 radical (unpaired) electrons. The average Bonchev–Trinajstić information content (AvgIpc) is 3.32. The summed E-state index contributed by atoms with van der Waals surface area (Å²) in [6.07, 6.45) is 3.55. The van der Waals surface area contributed by atoms with E-state index in [4.69, 9.17) is 21.3 Å². The molecule has 0 aliphatic carbocycles. The zero-order valence-electron chi connectivity index (χ0n) is 18.3. The second kappa shape index (κ2) is 9.73. The number of halogens is 1. The van der Waals surface area contributed by atoms with Crippen LogP contribution in [-0.4, -0.2) is 40.1 Å². The molecule has 6 heteroatoms. The Morgan fingerprint density at radius 2 is 2.00 bits per heavy atom. The summed E-state index contributed by atoms with van der Waals surface area (Å²) >= 11 is 6.10. The molecule has 4 rings (SSSR count). The SMILES string of the molecule is CCCCN1C[C@@H](c2nc3ccccc3n2CCCOc2ccc(Cl)c(C)c2)CC1=O. The molecule has 1 fully saturated rings. The van der Waals surface area contributed by atoms with Crippen molar-refractivity contribution in [1.82, 2.24) is 14.5 Å².